The van der Waals surface area contributed by atoms with Gasteiger partial charge in [0.2, 0.25) is 0 Å². The minimum absolute atomic E-state index is 0.384. The van der Waals surface area contributed by atoms with Crippen molar-refractivity contribution in [1.82, 2.24) is 0 Å². The maximum Gasteiger partial charge on any atom is 0.0604 e. The predicted molar refractivity (Wildman–Crippen MR) is 74.2 cm³/mol. The highest BCUT2D eigenvalue weighted by Crippen LogP contribution is 2.38. The minimum atomic E-state index is 0.384. The molecular formula is C13H20N2S. The highest BCUT2D eigenvalue weighted by atomic mass is 32.2. The highest BCUT2D eigenvalue weighted by molar-refractivity contribution is 8.00. The van der Waals surface area contributed by atoms with E-state index in [0.717, 1.165) is 17.9 Å². The lowest BCUT2D eigenvalue weighted by Gasteiger charge is -2.24. The number of nitrogens with one attached hydrogen (secondary N) is 1. The fraction of sp³-hybridized carbons (Fsp3) is 0.538. The van der Waals surface area contributed by atoms with Crippen LogP contribution in [0.1, 0.15) is 25.3 Å². The molecule has 3 N–H and O–H groups in total. The zero-order chi connectivity index (χ0) is 11.6. The van der Waals surface area contributed by atoms with Crippen LogP contribution in [0.5, 0.6) is 0 Å². The number of para-hydroxylation sites is 1. The average molecular weight is 236 g/mol. The summed E-state index contributed by atoms with van der Waals surface area (Å²) in [5, 5.41) is 3.52. The van der Waals surface area contributed by atoms with Gasteiger partial charge in [0, 0.05) is 11.3 Å². The molecule has 0 amide bonds. The lowest BCUT2D eigenvalue weighted by Crippen LogP contribution is -2.27. The second kappa shape index (κ2) is 4.58. The van der Waals surface area contributed by atoms with Crippen LogP contribution in [-0.2, 0) is 0 Å². The monoisotopic (exact) mass is 236 g/mol. The SMILES string of the molecule is Cc1cccc(N)c1NCC1(C)CCCS1. The summed E-state index contributed by atoms with van der Waals surface area (Å²) < 4.78 is 0.384. The lowest BCUT2D eigenvalue weighted by molar-refractivity contribution is 0.635. The quantitative estimate of drug-likeness (QED) is 0.791. The first-order valence-electron chi connectivity index (χ1n) is 5.84. The van der Waals surface area contributed by atoms with Crippen LogP contribution in [0.15, 0.2) is 18.2 Å². The van der Waals surface area contributed by atoms with Crippen molar-refractivity contribution in [2.75, 3.05) is 23.3 Å². The molecule has 1 aliphatic rings. The molecule has 0 aromatic heterocycles. The normalized spacial score (nSPS) is 24.6. The first kappa shape index (κ1) is 11.6. The molecule has 1 aromatic carbocycles. The van der Waals surface area contributed by atoms with Crippen LogP contribution >= 0.6 is 11.8 Å². The van der Waals surface area contributed by atoms with E-state index >= 15 is 0 Å². The molecule has 2 nitrogen and oxygen atoms in total. The number of anilines is 2. The van der Waals surface area contributed by atoms with Gasteiger partial charge in [0.05, 0.1) is 11.4 Å². The highest BCUT2D eigenvalue weighted by Gasteiger charge is 2.29. The number of thioether (sulfide) groups is 1. The molecule has 16 heavy (non-hydrogen) atoms. The number of hydrogen-bond acceptors (Lipinski definition) is 3. The molecule has 0 bridgehead atoms. The van der Waals surface area contributed by atoms with Crippen molar-refractivity contribution in [1.29, 1.82) is 0 Å². The van der Waals surface area contributed by atoms with E-state index < -0.39 is 0 Å². The number of hydrogen-bond donors (Lipinski definition) is 2. The van der Waals surface area contributed by atoms with E-state index in [0.29, 0.717) is 4.75 Å². The molecule has 0 aliphatic carbocycles. The van der Waals surface area contributed by atoms with Crippen molar-refractivity contribution in [2.24, 2.45) is 0 Å². The van der Waals surface area contributed by atoms with Gasteiger partial charge in [-0.25, -0.2) is 0 Å². The first-order chi connectivity index (χ1) is 7.61. The first-order valence-corrected chi connectivity index (χ1v) is 6.82. The molecule has 1 fully saturated rings. The summed E-state index contributed by atoms with van der Waals surface area (Å²) in [7, 11) is 0. The Labute approximate surface area is 102 Å². The smallest absolute Gasteiger partial charge is 0.0604 e. The molecule has 0 spiro atoms. The summed E-state index contributed by atoms with van der Waals surface area (Å²) in [6.07, 6.45) is 2.64. The van der Waals surface area contributed by atoms with Gasteiger partial charge >= 0.3 is 0 Å². The van der Waals surface area contributed by atoms with Crippen molar-refractivity contribution >= 4 is 23.1 Å². The number of aryl methyl sites for hydroxylation is 1. The molecule has 1 heterocycles. The topological polar surface area (TPSA) is 38.0 Å². The van der Waals surface area contributed by atoms with Crippen LogP contribution in [0, 0.1) is 6.92 Å². The van der Waals surface area contributed by atoms with E-state index in [2.05, 4.69) is 37.0 Å². The Balaban J connectivity index is 2.04. The van der Waals surface area contributed by atoms with Gasteiger partial charge in [-0.15, -0.1) is 0 Å². The minimum Gasteiger partial charge on any atom is -0.397 e. The van der Waals surface area contributed by atoms with Gasteiger partial charge in [0.15, 0.2) is 0 Å². The summed E-state index contributed by atoms with van der Waals surface area (Å²) in [5.41, 5.74) is 9.17. The summed E-state index contributed by atoms with van der Waals surface area (Å²) in [6.45, 7) is 5.45. The van der Waals surface area contributed by atoms with Crippen LogP contribution in [-0.4, -0.2) is 17.0 Å². The Morgan fingerprint density at radius 1 is 1.50 bits per heavy atom. The lowest BCUT2D eigenvalue weighted by atomic mass is 10.1. The number of nitrogen functional groups attached to an aromatic ring is 1. The van der Waals surface area contributed by atoms with E-state index in [9.17, 15) is 0 Å². The largest absolute Gasteiger partial charge is 0.397 e. The van der Waals surface area contributed by atoms with Crippen LogP contribution in [0.3, 0.4) is 0 Å². The van der Waals surface area contributed by atoms with E-state index in [-0.39, 0.29) is 0 Å². The molecule has 88 valence electrons. The molecular weight excluding hydrogens is 216 g/mol. The van der Waals surface area contributed by atoms with Gasteiger partial charge in [-0.3, -0.25) is 0 Å². The van der Waals surface area contributed by atoms with E-state index in [1.807, 2.05) is 12.1 Å². The zero-order valence-corrected chi connectivity index (χ0v) is 10.9. The Kier molecular flexibility index (Phi) is 3.33. The van der Waals surface area contributed by atoms with E-state index in [1.54, 1.807) is 0 Å². The Morgan fingerprint density at radius 3 is 2.94 bits per heavy atom. The second-order valence-electron chi connectivity index (χ2n) is 4.79. The van der Waals surface area contributed by atoms with Crippen LogP contribution < -0.4 is 11.1 Å². The van der Waals surface area contributed by atoms with Crippen LogP contribution in [0.4, 0.5) is 11.4 Å². The van der Waals surface area contributed by atoms with Crippen molar-refractivity contribution in [2.45, 2.75) is 31.4 Å². The molecule has 0 saturated carbocycles. The summed E-state index contributed by atoms with van der Waals surface area (Å²) in [4.78, 5) is 0. The predicted octanol–water partition coefficient (Wildman–Crippen LogP) is 3.27. The van der Waals surface area contributed by atoms with Crippen molar-refractivity contribution in [3.8, 4) is 0 Å². The molecule has 1 saturated heterocycles. The van der Waals surface area contributed by atoms with E-state index in [4.69, 9.17) is 5.73 Å². The summed E-state index contributed by atoms with van der Waals surface area (Å²) in [6, 6.07) is 6.06. The van der Waals surface area contributed by atoms with Gasteiger partial charge in [-0.2, -0.15) is 11.8 Å². The van der Waals surface area contributed by atoms with Gasteiger partial charge in [0.1, 0.15) is 0 Å². The zero-order valence-electron chi connectivity index (χ0n) is 10.0. The Morgan fingerprint density at radius 2 is 2.31 bits per heavy atom. The van der Waals surface area contributed by atoms with Gasteiger partial charge in [0.25, 0.3) is 0 Å². The standard InChI is InChI=1S/C13H20N2S/c1-10-5-3-6-11(14)12(10)15-9-13(2)7-4-8-16-13/h3,5-6,15H,4,7-9,14H2,1-2H3. The fourth-order valence-electron chi connectivity index (χ4n) is 2.18. The van der Waals surface area contributed by atoms with E-state index in [1.165, 1.54) is 24.2 Å². The molecule has 2 rings (SSSR count). The van der Waals surface area contributed by atoms with Crippen molar-refractivity contribution in [3.63, 3.8) is 0 Å². The molecule has 1 unspecified atom stereocenters. The molecule has 0 radical (unpaired) electrons. The number of rotatable bonds is 3. The third kappa shape index (κ3) is 2.46. The summed E-state index contributed by atoms with van der Waals surface area (Å²) >= 11 is 2.07. The van der Waals surface area contributed by atoms with Gasteiger partial charge < -0.3 is 11.1 Å². The fourth-order valence-corrected chi connectivity index (χ4v) is 3.43. The molecule has 1 aromatic rings. The maximum atomic E-state index is 5.98. The molecule has 3 heteroatoms. The molecule has 1 aliphatic heterocycles. The number of benzene rings is 1. The average Bonchev–Trinajstić information content (AvgIpc) is 2.65. The Hall–Kier alpha value is -0.830. The maximum absolute atomic E-state index is 5.98. The molecule has 1 atom stereocenters. The van der Waals surface area contributed by atoms with Gasteiger partial charge in [-0.05, 0) is 44.1 Å². The third-order valence-corrected chi connectivity index (χ3v) is 4.78. The second-order valence-corrected chi connectivity index (χ2v) is 6.48. The summed E-state index contributed by atoms with van der Waals surface area (Å²) in [5.74, 6) is 1.29. The Bertz CT molecular complexity index is 350. The van der Waals surface area contributed by atoms with Crippen molar-refractivity contribution in [3.05, 3.63) is 23.8 Å². The van der Waals surface area contributed by atoms with Gasteiger partial charge in [-0.1, -0.05) is 12.1 Å². The van der Waals surface area contributed by atoms with Crippen LogP contribution in [0.25, 0.3) is 0 Å². The van der Waals surface area contributed by atoms with Crippen molar-refractivity contribution < 1.29 is 0 Å². The number of nitrogens with two attached hydrogens (primary N) is 1. The van der Waals surface area contributed by atoms with Crippen LogP contribution in [0.2, 0.25) is 0 Å². The third-order valence-electron chi connectivity index (χ3n) is 3.24.